The first kappa shape index (κ1) is 13.8. The highest BCUT2D eigenvalue weighted by molar-refractivity contribution is 5.47. The summed E-state index contributed by atoms with van der Waals surface area (Å²) < 4.78 is 5.00. The molecule has 2 N–H and O–H groups in total. The van der Waals surface area contributed by atoms with E-state index in [9.17, 15) is 5.11 Å². The Morgan fingerprint density at radius 2 is 1.85 bits per heavy atom. The summed E-state index contributed by atoms with van der Waals surface area (Å²) in [6.45, 7) is 0.606. The normalized spacial score (nSPS) is 9.80. The van der Waals surface area contributed by atoms with Crippen molar-refractivity contribution in [1.82, 2.24) is 0 Å². The standard InChI is InChI=1S/C16H16N2O2/c1-20-16-7-4-13(10-15(16)19)11-18-14-5-2-12(3-6-14)8-9-17/h2-7,10,18-19H,8,11H2,1H3. The van der Waals surface area contributed by atoms with Gasteiger partial charge in [0.25, 0.3) is 0 Å². The highest BCUT2D eigenvalue weighted by atomic mass is 16.5. The van der Waals surface area contributed by atoms with Crippen molar-refractivity contribution in [2.45, 2.75) is 13.0 Å². The van der Waals surface area contributed by atoms with Gasteiger partial charge in [-0.15, -0.1) is 0 Å². The van der Waals surface area contributed by atoms with Gasteiger partial charge in [0.1, 0.15) is 0 Å². The Labute approximate surface area is 118 Å². The molecule has 4 nitrogen and oxygen atoms in total. The summed E-state index contributed by atoms with van der Waals surface area (Å²) in [6, 6.07) is 15.2. The van der Waals surface area contributed by atoms with Gasteiger partial charge < -0.3 is 15.2 Å². The molecule has 0 saturated carbocycles. The van der Waals surface area contributed by atoms with Gasteiger partial charge in [-0.05, 0) is 35.4 Å². The van der Waals surface area contributed by atoms with E-state index in [-0.39, 0.29) is 5.75 Å². The summed E-state index contributed by atoms with van der Waals surface area (Å²) in [7, 11) is 1.52. The van der Waals surface area contributed by atoms with Crippen LogP contribution >= 0.6 is 0 Å². The first-order valence-corrected chi connectivity index (χ1v) is 6.28. The number of nitrogens with one attached hydrogen (secondary N) is 1. The molecular formula is C16H16N2O2. The minimum Gasteiger partial charge on any atom is -0.504 e. The van der Waals surface area contributed by atoms with E-state index in [1.165, 1.54) is 7.11 Å². The lowest BCUT2D eigenvalue weighted by atomic mass is 10.1. The zero-order valence-electron chi connectivity index (χ0n) is 11.3. The highest BCUT2D eigenvalue weighted by Gasteiger charge is 2.02. The van der Waals surface area contributed by atoms with Crippen molar-refractivity contribution in [3.8, 4) is 17.6 Å². The zero-order valence-corrected chi connectivity index (χ0v) is 11.3. The second-order valence-electron chi connectivity index (χ2n) is 4.39. The molecule has 102 valence electrons. The molecule has 2 rings (SSSR count). The molecule has 0 bridgehead atoms. The number of hydrogen-bond acceptors (Lipinski definition) is 4. The second-order valence-corrected chi connectivity index (χ2v) is 4.39. The van der Waals surface area contributed by atoms with Crippen LogP contribution in [0, 0.1) is 11.3 Å². The average Bonchev–Trinajstić information content (AvgIpc) is 2.47. The van der Waals surface area contributed by atoms with Gasteiger partial charge in [-0.2, -0.15) is 5.26 Å². The predicted octanol–water partition coefficient (Wildman–Crippen LogP) is 3.08. The highest BCUT2D eigenvalue weighted by Crippen LogP contribution is 2.26. The number of hydrogen-bond donors (Lipinski definition) is 2. The molecule has 4 heteroatoms. The minimum atomic E-state index is 0.135. The number of benzene rings is 2. The van der Waals surface area contributed by atoms with Crippen LogP contribution < -0.4 is 10.1 Å². The number of phenols is 1. The third-order valence-electron chi connectivity index (χ3n) is 2.98. The molecule has 0 fully saturated rings. The maximum absolute atomic E-state index is 9.70. The minimum absolute atomic E-state index is 0.135. The Balaban J connectivity index is 1.98. The molecule has 0 spiro atoms. The van der Waals surface area contributed by atoms with Crippen LogP contribution in [-0.2, 0) is 13.0 Å². The third kappa shape index (κ3) is 3.42. The van der Waals surface area contributed by atoms with Gasteiger partial charge in [0.05, 0.1) is 19.6 Å². The maximum atomic E-state index is 9.70. The lowest BCUT2D eigenvalue weighted by Gasteiger charge is -2.09. The van der Waals surface area contributed by atoms with Crippen molar-refractivity contribution in [2.24, 2.45) is 0 Å². The molecule has 0 aliphatic carbocycles. The van der Waals surface area contributed by atoms with Crippen molar-refractivity contribution in [3.05, 3.63) is 53.6 Å². The molecule has 2 aromatic rings. The van der Waals surface area contributed by atoms with E-state index >= 15 is 0 Å². The molecule has 0 amide bonds. The number of rotatable bonds is 5. The number of ether oxygens (including phenoxy) is 1. The number of nitrogens with zero attached hydrogens (tertiary/aromatic N) is 1. The van der Waals surface area contributed by atoms with Crippen molar-refractivity contribution in [2.75, 3.05) is 12.4 Å². The van der Waals surface area contributed by atoms with Gasteiger partial charge >= 0.3 is 0 Å². The van der Waals surface area contributed by atoms with Gasteiger partial charge in [-0.25, -0.2) is 0 Å². The lowest BCUT2D eigenvalue weighted by Crippen LogP contribution is -1.99. The Hall–Kier alpha value is -2.67. The van der Waals surface area contributed by atoms with Crippen LogP contribution in [-0.4, -0.2) is 12.2 Å². The van der Waals surface area contributed by atoms with Crippen LogP contribution in [0.5, 0.6) is 11.5 Å². The SMILES string of the molecule is COc1ccc(CNc2ccc(CC#N)cc2)cc1O. The molecule has 0 unspecified atom stereocenters. The van der Waals surface area contributed by atoms with Crippen molar-refractivity contribution < 1.29 is 9.84 Å². The number of nitriles is 1. The van der Waals surface area contributed by atoms with E-state index in [0.29, 0.717) is 18.7 Å². The molecule has 0 atom stereocenters. The topological polar surface area (TPSA) is 65.3 Å². The Kier molecular flexibility index (Phi) is 4.46. The van der Waals surface area contributed by atoms with Crippen LogP contribution in [0.25, 0.3) is 0 Å². The van der Waals surface area contributed by atoms with Gasteiger partial charge in [0.15, 0.2) is 11.5 Å². The fourth-order valence-electron chi connectivity index (χ4n) is 1.88. The van der Waals surface area contributed by atoms with Crippen molar-refractivity contribution >= 4 is 5.69 Å². The molecular weight excluding hydrogens is 252 g/mol. The van der Waals surface area contributed by atoms with Crippen LogP contribution in [0.15, 0.2) is 42.5 Å². The lowest BCUT2D eigenvalue weighted by molar-refractivity contribution is 0.373. The van der Waals surface area contributed by atoms with Gasteiger partial charge in [-0.3, -0.25) is 0 Å². The fourth-order valence-corrected chi connectivity index (χ4v) is 1.88. The smallest absolute Gasteiger partial charge is 0.160 e. The fraction of sp³-hybridized carbons (Fsp3) is 0.188. The summed E-state index contributed by atoms with van der Waals surface area (Å²) in [5.74, 6) is 0.603. The Bertz CT molecular complexity index is 615. The van der Waals surface area contributed by atoms with Gasteiger partial charge in [-0.1, -0.05) is 18.2 Å². The average molecular weight is 268 g/mol. The molecule has 20 heavy (non-hydrogen) atoms. The number of anilines is 1. The Morgan fingerprint density at radius 3 is 2.45 bits per heavy atom. The van der Waals surface area contributed by atoms with E-state index in [4.69, 9.17) is 10.00 Å². The first-order chi connectivity index (χ1) is 9.72. The molecule has 0 heterocycles. The van der Waals surface area contributed by atoms with Crippen molar-refractivity contribution in [1.29, 1.82) is 5.26 Å². The number of phenolic OH excluding ortho intramolecular Hbond substituents is 1. The zero-order chi connectivity index (χ0) is 14.4. The van der Waals surface area contributed by atoms with E-state index < -0.39 is 0 Å². The molecule has 0 aliphatic heterocycles. The van der Waals surface area contributed by atoms with E-state index in [1.54, 1.807) is 12.1 Å². The van der Waals surface area contributed by atoms with Gasteiger partial charge in [0, 0.05) is 12.2 Å². The molecule has 0 saturated heterocycles. The van der Waals surface area contributed by atoms with Gasteiger partial charge in [0.2, 0.25) is 0 Å². The molecule has 0 radical (unpaired) electrons. The number of methoxy groups -OCH3 is 1. The summed E-state index contributed by atoms with van der Waals surface area (Å²) in [5.41, 5.74) is 2.94. The molecule has 2 aromatic carbocycles. The summed E-state index contributed by atoms with van der Waals surface area (Å²) >= 11 is 0. The summed E-state index contributed by atoms with van der Waals surface area (Å²) in [6.07, 6.45) is 0.423. The quantitative estimate of drug-likeness (QED) is 0.874. The monoisotopic (exact) mass is 268 g/mol. The molecule has 0 aromatic heterocycles. The van der Waals surface area contributed by atoms with Crippen LogP contribution in [0.1, 0.15) is 11.1 Å². The van der Waals surface area contributed by atoms with E-state index in [2.05, 4.69) is 11.4 Å². The third-order valence-corrected chi connectivity index (χ3v) is 2.98. The predicted molar refractivity (Wildman–Crippen MR) is 77.7 cm³/mol. The Morgan fingerprint density at radius 1 is 1.15 bits per heavy atom. The van der Waals surface area contributed by atoms with E-state index in [1.807, 2.05) is 30.3 Å². The maximum Gasteiger partial charge on any atom is 0.160 e. The van der Waals surface area contributed by atoms with Crippen molar-refractivity contribution in [3.63, 3.8) is 0 Å². The van der Waals surface area contributed by atoms with E-state index in [0.717, 1.165) is 16.8 Å². The van der Waals surface area contributed by atoms with Crippen LogP contribution in [0.2, 0.25) is 0 Å². The number of aromatic hydroxyl groups is 1. The second kappa shape index (κ2) is 6.48. The molecule has 0 aliphatic rings. The van der Waals surface area contributed by atoms with Crippen LogP contribution in [0.4, 0.5) is 5.69 Å². The summed E-state index contributed by atoms with van der Waals surface area (Å²) in [5, 5.41) is 21.6. The largest absolute Gasteiger partial charge is 0.504 e. The van der Waals surface area contributed by atoms with Crippen LogP contribution in [0.3, 0.4) is 0 Å². The summed E-state index contributed by atoms with van der Waals surface area (Å²) in [4.78, 5) is 0. The first-order valence-electron chi connectivity index (χ1n) is 6.28.